The Morgan fingerprint density at radius 2 is 2.20 bits per heavy atom. The van der Waals surface area contributed by atoms with Crippen LogP contribution in [0, 0.1) is 23.0 Å². The van der Waals surface area contributed by atoms with Crippen molar-refractivity contribution in [2.24, 2.45) is 0 Å². The standard InChI is InChI=1S/C9H6F2N2O2/c10-7-2-1-6(5-8(7)11)15-9(14)13-4-3-12/h1-2,5H,4H2,(H,13,14). The molecular weight excluding hydrogens is 206 g/mol. The number of halogens is 2. The van der Waals surface area contributed by atoms with Gasteiger partial charge in [-0.15, -0.1) is 0 Å². The Balaban J connectivity index is 2.62. The maximum atomic E-state index is 12.6. The van der Waals surface area contributed by atoms with Gasteiger partial charge in [0.25, 0.3) is 0 Å². The number of nitrogens with one attached hydrogen (secondary N) is 1. The zero-order valence-corrected chi connectivity index (χ0v) is 7.46. The number of nitriles is 1. The second-order valence-corrected chi connectivity index (χ2v) is 2.48. The summed E-state index contributed by atoms with van der Waals surface area (Å²) in [6.45, 7) is -0.220. The monoisotopic (exact) mass is 212 g/mol. The van der Waals surface area contributed by atoms with Gasteiger partial charge < -0.3 is 10.1 Å². The van der Waals surface area contributed by atoms with E-state index in [9.17, 15) is 13.6 Å². The van der Waals surface area contributed by atoms with Crippen LogP contribution in [0.1, 0.15) is 0 Å². The molecule has 0 spiro atoms. The lowest BCUT2D eigenvalue weighted by Gasteiger charge is -2.03. The third-order valence-corrected chi connectivity index (χ3v) is 1.41. The average molecular weight is 212 g/mol. The molecule has 0 saturated carbocycles. The predicted molar refractivity (Wildman–Crippen MR) is 46.0 cm³/mol. The lowest BCUT2D eigenvalue weighted by atomic mass is 10.3. The van der Waals surface area contributed by atoms with E-state index >= 15 is 0 Å². The Labute approximate surface area is 84.1 Å². The predicted octanol–water partition coefficient (Wildman–Crippen LogP) is 1.58. The molecule has 0 saturated heterocycles. The highest BCUT2D eigenvalue weighted by Crippen LogP contribution is 2.15. The first kappa shape index (κ1) is 10.9. The molecular formula is C9H6F2N2O2. The van der Waals surface area contributed by atoms with Gasteiger partial charge in [0, 0.05) is 6.07 Å². The molecule has 78 valence electrons. The molecule has 0 aliphatic carbocycles. The summed E-state index contributed by atoms with van der Waals surface area (Å²) in [5.74, 6) is -2.27. The van der Waals surface area contributed by atoms with E-state index in [1.807, 2.05) is 0 Å². The molecule has 15 heavy (non-hydrogen) atoms. The molecule has 1 N–H and O–H groups in total. The molecule has 1 rings (SSSR count). The quantitative estimate of drug-likeness (QED) is 0.757. The number of hydrogen-bond donors (Lipinski definition) is 1. The van der Waals surface area contributed by atoms with Crippen molar-refractivity contribution in [1.29, 1.82) is 5.26 Å². The Morgan fingerprint density at radius 1 is 1.47 bits per heavy atom. The Kier molecular flexibility index (Phi) is 3.57. The molecule has 0 aliphatic heterocycles. The van der Waals surface area contributed by atoms with Gasteiger partial charge in [-0.3, -0.25) is 0 Å². The Morgan fingerprint density at radius 3 is 2.80 bits per heavy atom. The molecule has 1 aromatic carbocycles. The number of hydrogen-bond acceptors (Lipinski definition) is 3. The SMILES string of the molecule is N#CCNC(=O)Oc1ccc(F)c(F)c1. The third-order valence-electron chi connectivity index (χ3n) is 1.41. The molecule has 0 heterocycles. The van der Waals surface area contributed by atoms with Crippen molar-refractivity contribution in [3.8, 4) is 11.8 Å². The van der Waals surface area contributed by atoms with E-state index in [2.05, 4.69) is 10.1 Å². The number of carbonyl (C=O) groups excluding carboxylic acids is 1. The maximum Gasteiger partial charge on any atom is 0.413 e. The summed E-state index contributed by atoms with van der Waals surface area (Å²) in [7, 11) is 0. The van der Waals surface area contributed by atoms with E-state index in [-0.39, 0.29) is 12.3 Å². The van der Waals surface area contributed by atoms with E-state index in [4.69, 9.17) is 5.26 Å². The fourth-order valence-electron chi connectivity index (χ4n) is 0.795. The minimum atomic E-state index is -1.11. The van der Waals surface area contributed by atoms with Crippen LogP contribution < -0.4 is 10.1 Å². The zero-order valence-electron chi connectivity index (χ0n) is 7.46. The Bertz CT molecular complexity index is 415. The van der Waals surface area contributed by atoms with Gasteiger partial charge in [-0.2, -0.15) is 5.26 Å². The molecule has 1 aromatic rings. The van der Waals surface area contributed by atoms with Crippen molar-refractivity contribution >= 4 is 6.09 Å². The highest BCUT2D eigenvalue weighted by molar-refractivity contribution is 5.70. The summed E-state index contributed by atoms with van der Waals surface area (Å²) in [5, 5.41) is 10.2. The molecule has 0 aromatic heterocycles. The van der Waals surface area contributed by atoms with Gasteiger partial charge >= 0.3 is 6.09 Å². The average Bonchev–Trinajstić information content (AvgIpc) is 2.20. The van der Waals surface area contributed by atoms with Crippen LogP contribution in [0.2, 0.25) is 0 Å². The second-order valence-electron chi connectivity index (χ2n) is 2.48. The van der Waals surface area contributed by atoms with Crippen LogP contribution in [0.15, 0.2) is 18.2 Å². The van der Waals surface area contributed by atoms with Crippen molar-refractivity contribution in [2.75, 3.05) is 6.54 Å². The lowest BCUT2D eigenvalue weighted by Crippen LogP contribution is -2.26. The summed E-state index contributed by atoms with van der Waals surface area (Å²) in [6, 6.07) is 4.33. The van der Waals surface area contributed by atoms with Crippen LogP contribution in [0.4, 0.5) is 13.6 Å². The van der Waals surface area contributed by atoms with Gasteiger partial charge in [-0.05, 0) is 12.1 Å². The molecule has 0 unspecified atom stereocenters. The first-order valence-electron chi connectivity index (χ1n) is 3.91. The largest absolute Gasteiger partial charge is 0.413 e. The summed E-state index contributed by atoms with van der Waals surface area (Å²) >= 11 is 0. The van der Waals surface area contributed by atoms with E-state index in [1.165, 1.54) is 0 Å². The third kappa shape index (κ3) is 3.23. The fourth-order valence-corrected chi connectivity index (χ4v) is 0.795. The van der Waals surface area contributed by atoms with Gasteiger partial charge in [-0.25, -0.2) is 13.6 Å². The van der Waals surface area contributed by atoms with Gasteiger partial charge in [0.2, 0.25) is 0 Å². The highest BCUT2D eigenvalue weighted by Gasteiger charge is 2.06. The molecule has 4 nitrogen and oxygen atoms in total. The van der Waals surface area contributed by atoms with Gasteiger partial charge in [0.05, 0.1) is 6.07 Å². The van der Waals surface area contributed by atoms with Gasteiger partial charge in [0.1, 0.15) is 12.3 Å². The minimum Gasteiger partial charge on any atom is -0.410 e. The number of ether oxygens (including phenoxy) is 1. The van der Waals surface area contributed by atoms with Gasteiger partial charge in [-0.1, -0.05) is 0 Å². The molecule has 6 heteroatoms. The van der Waals surface area contributed by atoms with Crippen molar-refractivity contribution < 1.29 is 18.3 Å². The number of carbonyl (C=O) groups is 1. The van der Waals surface area contributed by atoms with Crippen LogP contribution in [0.5, 0.6) is 5.75 Å². The molecule has 0 atom stereocenters. The first-order valence-corrected chi connectivity index (χ1v) is 3.91. The molecule has 0 aliphatic rings. The molecule has 0 fully saturated rings. The Hall–Kier alpha value is -2.16. The second kappa shape index (κ2) is 4.91. The first-order chi connectivity index (χ1) is 7.13. The normalized spacial score (nSPS) is 9.13. The smallest absolute Gasteiger partial charge is 0.410 e. The van der Waals surface area contributed by atoms with E-state index in [1.54, 1.807) is 6.07 Å². The summed E-state index contributed by atoms with van der Waals surface area (Å²) in [6.07, 6.45) is -0.900. The highest BCUT2D eigenvalue weighted by atomic mass is 19.2. The maximum absolute atomic E-state index is 12.6. The summed E-state index contributed by atoms with van der Waals surface area (Å²) < 4.78 is 29.7. The number of benzene rings is 1. The fraction of sp³-hybridized carbons (Fsp3) is 0.111. The van der Waals surface area contributed by atoms with E-state index in [0.29, 0.717) is 0 Å². The minimum absolute atomic E-state index is 0.135. The summed E-state index contributed by atoms with van der Waals surface area (Å²) in [5.41, 5.74) is 0. The van der Waals surface area contributed by atoms with Crippen molar-refractivity contribution in [3.63, 3.8) is 0 Å². The van der Waals surface area contributed by atoms with Crippen LogP contribution in [0.25, 0.3) is 0 Å². The molecule has 0 bridgehead atoms. The summed E-state index contributed by atoms with van der Waals surface area (Å²) in [4.78, 5) is 10.9. The molecule has 1 amide bonds. The number of amides is 1. The zero-order chi connectivity index (χ0) is 11.3. The van der Waals surface area contributed by atoms with Crippen molar-refractivity contribution in [2.45, 2.75) is 0 Å². The van der Waals surface area contributed by atoms with Crippen LogP contribution in [-0.4, -0.2) is 12.6 Å². The molecule has 0 radical (unpaired) electrons. The van der Waals surface area contributed by atoms with Crippen molar-refractivity contribution in [1.82, 2.24) is 5.32 Å². The number of nitrogens with zero attached hydrogens (tertiary/aromatic N) is 1. The van der Waals surface area contributed by atoms with Crippen LogP contribution in [-0.2, 0) is 0 Å². The lowest BCUT2D eigenvalue weighted by molar-refractivity contribution is 0.201. The van der Waals surface area contributed by atoms with Crippen LogP contribution >= 0.6 is 0 Å². The number of rotatable bonds is 2. The van der Waals surface area contributed by atoms with Crippen LogP contribution in [0.3, 0.4) is 0 Å². The van der Waals surface area contributed by atoms with Gasteiger partial charge in [0.15, 0.2) is 11.6 Å². The topological polar surface area (TPSA) is 62.1 Å². The van der Waals surface area contributed by atoms with E-state index < -0.39 is 17.7 Å². The van der Waals surface area contributed by atoms with Crippen molar-refractivity contribution in [3.05, 3.63) is 29.8 Å². The van der Waals surface area contributed by atoms with E-state index in [0.717, 1.165) is 18.2 Å².